The molecule has 3 aliphatic rings. The Hall–Kier alpha value is -2.44. The number of piperidine rings is 1. The maximum atomic E-state index is 13.7. The first-order chi connectivity index (χ1) is 14.3. The Bertz CT molecular complexity index is 982. The fourth-order valence-electron chi connectivity index (χ4n) is 4.78. The molecule has 0 aromatic carbocycles. The minimum absolute atomic E-state index is 0.229. The summed E-state index contributed by atoms with van der Waals surface area (Å²) in [5, 5.41) is 5.03. The summed E-state index contributed by atoms with van der Waals surface area (Å²) in [6, 6.07) is 1.59. The summed E-state index contributed by atoms with van der Waals surface area (Å²) in [5.74, 6) is 1.41. The Kier molecular flexibility index (Phi) is 4.60. The molecule has 2 aliphatic heterocycles. The molecule has 160 valence electrons. The van der Waals surface area contributed by atoms with Crippen LogP contribution >= 0.6 is 0 Å². The zero-order chi connectivity index (χ0) is 21.0. The van der Waals surface area contributed by atoms with Gasteiger partial charge >= 0.3 is 6.09 Å². The van der Waals surface area contributed by atoms with E-state index in [2.05, 4.69) is 4.98 Å². The van der Waals surface area contributed by atoms with E-state index in [1.54, 1.807) is 6.07 Å². The molecule has 0 radical (unpaired) electrons. The van der Waals surface area contributed by atoms with Gasteiger partial charge in [-0.05, 0) is 71.3 Å². The number of aryl methyl sites for hydroxylation is 1. The molecule has 0 atom stereocenters. The van der Waals surface area contributed by atoms with Crippen LogP contribution in [0.1, 0.15) is 80.8 Å². The highest BCUT2D eigenvalue weighted by molar-refractivity contribution is 5.68. The van der Waals surface area contributed by atoms with Crippen LogP contribution in [-0.2, 0) is 17.6 Å². The maximum absolute atomic E-state index is 13.7. The molecule has 1 aliphatic carbocycles. The molecule has 0 N–H and O–H groups in total. The second-order valence-corrected chi connectivity index (χ2v) is 9.81. The van der Waals surface area contributed by atoms with Crippen molar-refractivity contribution in [2.45, 2.75) is 76.7 Å². The Morgan fingerprint density at radius 1 is 1.13 bits per heavy atom. The Labute approximate surface area is 176 Å². The van der Waals surface area contributed by atoms with Crippen molar-refractivity contribution in [3.63, 3.8) is 0 Å². The number of ether oxygens (including phenoxy) is 1. The van der Waals surface area contributed by atoms with Crippen molar-refractivity contribution in [1.29, 1.82) is 0 Å². The lowest BCUT2D eigenvalue weighted by Gasteiger charge is -2.33. The standard InChI is InChI=1S/C23H29FN4O2/c1-23(2,3)30-22(29)27-10-8-15(9-11-27)20-19(14-4-5-14)18-7-6-16-12-17(24)13-25-21(16)28(18)26-20/h12-15H,4-11H2,1-3H3. The van der Waals surface area contributed by atoms with Gasteiger partial charge in [-0.2, -0.15) is 5.10 Å². The van der Waals surface area contributed by atoms with E-state index in [1.165, 1.54) is 36.0 Å². The molecule has 2 fully saturated rings. The predicted molar refractivity (Wildman–Crippen MR) is 110 cm³/mol. The fourth-order valence-corrected chi connectivity index (χ4v) is 4.78. The van der Waals surface area contributed by atoms with Crippen LogP contribution in [0.2, 0.25) is 0 Å². The first-order valence-corrected chi connectivity index (χ1v) is 11.0. The van der Waals surface area contributed by atoms with E-state index in [1.807, 2.05) is 30.4 Å². The molecule has 0 bridgehead atoms. The predicted octanol–water partition coefficient (Wildman–Crippen LogP) is 4.50. The summed E-state index contributed by atoms with van der Waals surface area (Å²) >= 11 is 0. The average molecular weight is 413 g/mol. The number of hydrogen-bond donors (Lipinski definition) is 0. The van der Waals surface area contributed by atoms with Gasteiger partial charge in [0.05, 0.1) is 17.6 Å². The van der Waals surface area contributed by atoms with Crippen LogP contribution in [0.3, 0.4) is 0 Å². The van der Waals surface area contributed by atoms with Crippen LogP contribution in [0.4, 0.5) is 9.18 Å². The zero-order valence-corrected chi connectivity index (χ0v) is 17.9. The minimum atomic E-state index is -0.476. The van der Waals surface area contributed by atoms with Gasteiger partial charge in [0.1, 0.15) is 11.4 Å². The normalized spacial score (nSPS) is 19.4. The monoisotopic (exact) mass is 412 g/mol. The van der Waals surface area contributed by atoms with Gasteiger partial charge in [0.2, 0.25) is 0 Å². The molecule has 6 nitrogen and oxygen atoms in total. The molecular formula is C23H29FN4O2. The van der Waals surface area contributed by atoms with Gasteiger partial charge in [0.15, 0.2) is 5.82 Å². The third-order valence-corrected chi connectivity index (χ3v) is 6.31. The van der Waals surface area contributed by atoms with Crippen molar-refractivity contribution in [3.05, 3.63) is 40.6 Å². The molecule has 4 heterocycles. The van der Waals surface area contributed by atoms with E-state index in [0.717, 1.165) is 37.1 Å². The number of nitrogens with zero attached hydrogens (tertiary/aromatic N) is 4. The number of aromatic nitrogens is 3. The number of likely N-dealkylation sites (tertiary alicyclic amines) is 1. The van der Waals surface area contributed by atoms with E-state index in [9.17, 15) is 9.18 Å². The second-order valence-electron chi connectivity index (χ2n) is 9.81. The molecular weight excluding hydrogens is 383 g/mol. The average Bonchev–Trinajstić information content (AvgIpc) is 3.45. The van der Waals surface area contributed by atoms with E-state index in [-0.39, 0.29) is 11.9 Å². The zero-order valence-electron chi connectivity index (χ0n) is 17.9. The van der Waals surface area contributed by atoms with Gasteiger partial charge in [0, 0.05) is 30.1 Å². The van der Waals surface area contributed by atoms with E-state index in [0.29, 0.717) is 24.9 Å². The van der Waals surface area contributed by atoms with Crippen LogP contribution in [0.15, 0.2) is 12.3 Å². The van der Waals surface area contributed by atoms with Gasteiger partial charge in [-0.1, -0.05) is 0 Å². The molecule has 0 spiro atoms. The largest absolute Gasteiger partial charge is 0.444 e. The first-order valence-electron chi connectivity index (χ1n) is 11.0. The number of hydrogen-bond acceptors (Lipinski definition) is 4. The highest BCUT2D eigenvalue weighted by atomic mass is 19.1. The summed E-state index contributed by atoms with van der Waals surface area (Å²) < 4.78 is 21.2. The number of rotatable bonds is 2. The smallest absolute Gasteiger partial charge is 0.410 e. The number of pyridine rings is 1. The Morgan fingerprint density at radius 3 is 2.53 bits per heavy atom. The maximum Gasteiger partial charge on any atom is 0.410 e. The van der Waals surface area contributed by atoms with Crippen molar-refractivity contribution in [2.75, 3.05) is 13.1 Å². The number of amides is 1. The van der Waals surface area contributed by atoms with Crippen molar-refractivity contribution in [1.82, 2.24) is 19.7 Å². The van der Waals surface area contributed by atoms with Crippen molar-refractivity contribution >= 4 is 6.09 Å². The summed E-state index contributed by atoms with van der Waals surface area (Å²) in [6.07, 6.45) is 6.95. The van der Waals surface area contributed by atoms with Crippen LogP contribution in [0, 0.1) is 5.82 Å². The number of halogens is 1. The minimum Gasteiger partial charge on any atom is -0.444 e. The van der Waals surface area contributed by atoms with Gasteiger partial charge in [-0.25, -0.2) is 18.9 Å². The summed E-state index contributed by atoms with van der Waals surface area (Å²) in [5.41, 5.74) is 4.29. The van der Waals surface area contributed by atoms with Gasteiger partial charge in [-0.3, -0.25) is 0 Å². The van der Waals surface area contributed by atoms with E-state index in [4.69, 9.17) is 9.84 Å². The summed E-state index contributed by atoms with van der Waals surface area (Å²) in [4.78, 5) is 18.6. The molecule has 5 rings (SSSR count). The van der Waals surface area contributed by atoms with Gasteiger partial charge < -0.3 is 9.64 Å². The lowest BCUT2D eigenvalue weighted by molar-refractivity contribution is 0.0204. The molecule has 1 saturated heterocycles. The lowest BCUT2D eigenvalue weighted by Crippen LogP contribution is -2.41. The summed E-state index contributed by atoms with van der Waals surface area (Å²) in [6.45, 7) is 7.06. The topological polar surface area (TPSA) is 60.2 Å². The molecule has 2 aromatic heterocycles. The van der Waals surface area contributed by atoms with Gasteiger partial charge in [0.25, 0.3) is 0 Å². The fraction of sp³-hybridized carbons (Fsp3) is 0.609. The molecule has 1 amide bonds. The SMILES string of the molecule is CC(C)(C)OC(=O)N1CCC(c2nn3c(c2C2CC2)CCc2cc(F)cnc2-3)CC1. The highest BCUT2D eigenvalue weighted by Crippen LogP contribution is 2.47. The number of fused-ring (bicyclic) bond motifs is 3. The van der Waals surface area contributed by atoms with E-state index >= 15 is 0 Å². The van der Waals surface area contributed by atoms with E-state index < -0.39 is 5.60 Å². The van der Waals surface area contributed by atoms with Crippen molar-refractivity contribution in [2.24, 2.45) is 0 Å². The first kappa shape index (κ1) is 19.5. The van der Waals surface area contributed by atoms with Crippen LogP contribution in [-0.4, -0.2) is 44.4 Å². The van der Waals surface area contributed by atoms with Crippen LogP contribution in [0.5, 0.6) is 0 Å². The number of carbonyl (C=O) groups is 1. The Morgan fingerprint density at radius 2 is 1.87 bits per heavy atom. The molecule has 0 unspecified atom stereocenters. The highest BCUT2D eigenvalue weighted by Gasteiger charge is 2.38. The Balaban J connectivity index is 1.40. The van der Waals surface area contributed by atoms with Crippen molar-refractivity contribution in [3.8, 4) is 5.82 Å². The van der Waals surface area contributed by atoms with Crippen molar-refractivity contribution < 1.29 is 13.9 Å². The second kappa shape index (κ2) is 7.06. The number of carbonyl (C=O) groups excluding carboxylic acids is 1. The third kappa shape index (κ3) is 3.59. The van der Waals surface area contributed by atoms with Crippen LogP contribution in [0.25, 0.3) is 5.82 Å². The molecule has 2 aromatic rings. The quantitative estimate of drug-likeness (QED) is 0.729. The molecule has 1 saturated carbocycles. The van der Waals surface area contributed by atoms with Gasteiger partial charge in [-0.15, -0.1) is 0 Å². The summed E-state index contributed by atoms with van der Waals surface area (Å²) in [7, 11) is 0. The molecule has 30 heavy (non-hydrogen) atoms. The lowest BCUT2D eigenvalue weighted by atomic mass is 9.88. The molecule has 7 heteroatoms. The van der Waals surface area contributed by atoms with Crippen LogP contribution < -0.4 is 0 Å². The third-order valence-electron chi connectivity index (χ3n) is 6.31.